The van der Waals surface area contributed by atoms with Gasteiger partial charge in [0.05, 0.1) is 17.6 Å². The second-order valence-electron chi connectivity index (χ2n) is 6.43. The van der Waals surface area contributed by atoms with Crippen LogP contribution in [-0.2, 0) is 6.54 Å². The lowest BCUT2D eigenvalue weighted by atomic mass is 10.2. The van der Waals surface area contributed by atoms with Crippen LogP contribution in [-0.4, -0.2) is 53.0 Å². The number of nitrogens with zero attached hydrogens (tertiary/aromatic N) is 3. The first kappa shape index (κ1) is 16.7. The molecule has 4 rings (SSSR count). The summed E-state index contributed by atoms with van der Waals surface area (Å²) in [5, 5.41) is 0. The lowest BCUT2D eigenvalue weighted by Crippen LogP contribution is -2.44. The number of hydrogen-bond acceptors (Lipinski definition) is 3. The number of fused-ring (bicyclic) bond motifs is 1. The van der Waals surface area contributed by atoms with E-state index in [2.05, 4.69) is 58.0 Å². The van der Waals surface area contributed by atoms with Crippen LogP contribution in [0.15, 0.2) is 54.6 Å². The van der Waals surface area contributed by atoms with E-state index >= 15 is 0 Å². The maximum atomic E-state index is 4.62. The molecule has 0 atom stereocenters. The van der Waals surface area contributed by atoms with Crippen LogP contribution in [0.3, 0.4) is 0 Å². The normalized spacial score (nSPS) is 15.9. The van der Waals surface area contributed by atoms with Crippen molar-refractivity contribution in [3.8, 4) is 0 Å². The third kappa shape index (κ3) is 4.66. The summed E-state index contributed by atoms with van der Waals surface area (Å²) in [7, 11) is 2.18. The lowest BCUT2D eigenvalue weighted by Gasteiger charge is -2.31. The minimum Gasteiger partial charge on any atom is -0.341 e. The molecule has 0 saturated carbocycles. The van der Waals surface area contributed by atoms with Gasteiger partial charge in [-0.2, -0.15) is 0 Å². The highest BCUT2D eigenvalue weighted by atomic mass is 15.3. The highest BCUT2D eigenvalue weighted by molar-refractivity contribution is 5.74. The molecule has 0 bridgehead atoms. The third-order valence-corrected chi connectivity index (χ3v) is 4.35. The first-order valence-corrected chi connectivity index (χ1v) is 8.57. The van der Waals surface area contributed by atoms with Gasteiger partial charge in [-0.3, -0.25) is 4.90 Å². The minimum absolute atomic E-state index is 0.933. The number of benzene rings is 2. The average molecular weight is 322 g/mol. The number of piperazine rings is 1. The van der Waals surface area contributed by atoms with Crippen molar-refractivity contribution in [3.05, 3.63) is 66.0 Å². The molecular weight excluding hydrogens is 296 g/mol. The predicted molar refractivity (Wildman–Crippen MR) is 100 cm³/mol. The van der Waals surface area contributed by atoms with E-state index in [0.29, 0.717) is 0 Å². The van der Waals surface area contributed by atoms with Gasteiger partial charge in [0, 0.05) is 26.2 Å². The fourth-order valence-electron chi connectivity index (χ4n) is 2.83. The van der Waals surface area contributed by atoms with Crippen molar-refractivity contribution in [3.63, 3.8) is 0 Å². The van der Waals surface area contributed by atoms with Crippen LogP contribution in [0.1, 0.15) is 11.4 Å². The smallest absolute Gasteiger partial charge is 0.121 e. The van der Waals surface area contributed by atoms with E-state index in [-0.39, 0.29) is 0 Å². The van der Waals surface area contributed by atoms with Crippen molar-refractivity contribution < 1.29 is 0 Å². The molecule has 1 fully saturated rings. The molecule has 2 aromatic carbocycles. The molecule has 126 valence electrons. The van der Waals surface area contributed by atoms with Gasteiger partial charge in [-0.15, -0.1) is 0 Å². The predicted octanol–water partition coefficient (Wildman–Crippen LogP) is 3.31. The Morgan fingerprint density at radius 2 is 1.58 bits per heavy atom. The van der Waals surface area contributed by atoms with Gasteiger partial charge in [0.15, 0.2) is 0 Å². The van der Waals surface area contributed by atoms with Gasteiger partial charge in [-0.25, -0.2) is 4.98 Å². The van der Waals surface area contributed by atoms with Crippen LogP contribution in [0.2, 0.25) is 0 Å². The third-order valence-electron chi connectivity index (χ3n) is 4.35. The summed E-state index contributed by atoms with van der Waals surface area (Å²) in [6.45, 7) is 7.59. The van der Waals surface area contributed by atoms with Gasteiger partial charge in [0.2, 0.25) is 0 Å². The maximum Gasteiger partial charge on any atom is 0.121 e. The Hall–Kier alpha value is -2.17. The Bertz CT molecular complexity index is 709. The molecule has 1 saturated heterocycles. The number of nitrogens with one attached hydrogen (secondary N) is 1. The maximum absolute atomic E-state index is 4.62. The molecule has 1 aliphatic heterocycles. The zero-order valence-corrected chi connectivity index (χ0v) is 14.6. The Morgan fingerprint density at radius 3 is 2.21 bits per heavy atom. The number of imidazole rings is 1. The van der Waals surface area contributed by atoms with Gasteiger partial charge in [-0.05, 0) is 26.1 Å². The Morgan fingerprint density at radius 1 is 0.917 bits per heavy atom. The number of hydrogen-bond donors (Lipinski definition) is 1. The second kappa shape index (κ2) is 8.08. The standard InChI is InChI=1S/C13H18N4.C7H8/c1-16-6-8-17(9-7-16)10-13-14-11-4-2-3-5-12(11)15-13;1-7-5-3-2-4-6-7/h2-5H,6-10H2,1H3,(H,14,15);2-6H,1H3. The van der Waals surface area contributed by atoms with Crippen LogP contribution in [0.25, 0.3) is 11.0 Å². The zero-order chi connectivity index (χ0) is 16.8. The van der Waals surface area contributed by atoms with Crippen molar-refractivity contribution in [2.24, 2.45) is 0 Å². The molecule has 2 heterocycles. The number of aryl methyl sites for hydroxylation is 1. The molecule has 0 unspecified atom stereocenters. The molecule has 0 aliphatic carbocycles. The fourth-order valence-corrected chi connectivity index (χ4v) is 2.83. The van der Waals surface area contributed by atoms with Crippen molar-refractivity contribution in [1.82, 2.24) is 19.8 Å². The summed E-state index contributed by atoms with van der Waals surface area (Å²) < 4.78 is 0. The molecule has 1 aliphatic rings. The highest BCUT2D eigenvalue weighted by Crippen LogP contribution is 2.12. The molecule has 4 nitrogen and oxygen atoms in total. The first-order chi connectivity index (χ1) is 11.7. The largest absolute Gasteiger partial charge is 0.341 e. The second-order valence-corrected chi connectivity index (χ2v) is 6.43. The van der Waals surface area contributed by atoms with Crippen LogP contribution in [0, 0.1) is 6.92 Å². The average Bonchev–Trinajstić information content (AvgIpc) is 3.00. The SMILES string of the molecule is CN1CCN(Cc2nc3ccccc3[nH]2)CC1.Cc1ccccc1. The quantitative estimate of drug-likeness (QED) is 0.786. The number of rotatable bonds is 2. The summed E-state index contributed by atoms with van der Waals surface area (Å²) in [5.41, 5.74) is 3.52. The zero-order valence-electron chi connectivity index (χ0n) is 14.6. The van der Waals surface area contributed by atoms with E-state index in [1.807, 2.05) is 30.3 Å². The van der Waals surface area contributed by atoms with E-state index in [4.69, 9.17) is 0 Å². The van der Waals surface area contributed by atoms with Crippen molar-refractivity contribution in [1.29, 1.82) is 0 Å². The molecule has 24 heavy (non-hydrogen) atoms. The molecule has 1 aromatic heterocycles. The molecule has 0 radical (unpaired) electrons. The van der Waals surface area contributed by atoms with E-state index < -0.39 is 0 Å². The van der Waals surface area contributed by atoms with Gasteiger partial charge in [-0.1, -0.05) is 48.0 Å². The summed E-state index contributed by atoms with van der Waals surface area (Å²) in [5.74, 6) is 1.08. The van der Waals surface area contributed by atoms with Gasteiger partial charge >= 0.3 is 0 Å². The molecule has 0 spiro atoms. The van der Waals surface area contributed by atoms with Crippen LogP contribution >= 0.6 is 0 Å². The van der Waals surface area contributed by atoms with Crippen LogP contribution < -0.4 is 0 Å². The molecule has 0 amide bonds. The lowest BCUT2D eigenvalue weighted by molar-refractivity contribution is 0.146. The topological polar surface area (TPSA) is 35.2 Å². The summed E-state index contributed by atoms with van der Waals surface area (Å²) in [6.07, 6.45) is 0. The number of likely N-dealkylation sites (N-methyl/N-ethyl adjacent to an activating group) is 1. The Kier molecular flexibility index (Phi) is 5.62. The van der Waals surface area contributed by atoms with E-state index in [1.165, 1.54) is 5.56 Å². The molecule has 1 N–H and O–H groups in total. The Labute approximate surface area is 144 Å². The highest BCUT2D eigenvalue weighted by Gasteiger charge is 2.15. The number of para-hydroxylation sites is 2. The number of H-pyrrole nitrogens is 1. The van der Waals surface area contributed by atoms with E-state index in [9.17, 15) is 0 Å². The minimum atomic E-state index is 0.933. The summed E-state index contributed by atoms with van der Waals surface area (Å²) >= 11 is 0. The number of aromatic amines is 1. The van der Waals surface area contributed by atoms with Gasteiger partial charge < -0.3 is 9.88 Å². The van der Waals surface area contributed by atoms with E-state index in [1.54, 1.807) is 0 Å². The fraction of sp³-hybridized carbons (Fsp3) is 0.350. The first-order valence-electron chi connectivity index (χ1n) is 8.57. The molecule has 3 aromatic rings. The molecule has 4 heteroatoms. The monoisotopic (exact) mass is 322 g/mol. The van der Waals surface area contributed by atoms with Crippen LogP contribution in [0.4, 0.5) is 0 Å². The van der Waals surface area contributed by atoms with Crippen LogP contribution in [0.5, 0.6) is 0 Å². The number of aromatic nitrogens is 2. The summed E-state index contributed by atoms with van der Waals surface area (Å²) in [4.78, 5) is 12.8. The van der Waals surface area contributed by atoms with Crippen molar-refractivity contribution >= 4 is 11.0 Å². The van der Waals surface area contributed by atoms with Crippen molar-refractivity contribution in [2.45, 2.75) is 13.5 Å². The molecular formula is C20H26N4. The summed E-state index contributed by atoms with van der Waals surface area (Å²) in [6, 6.07) is 18.5. The Balaban J connectivity index is 0.000000203. The van der Waals surface area contributed by atoms with Gasteiger partial charge in [0.25, 0.3) is 0 Å². The van der Waals surface area contributed by atoms with E-state index in [0.717, 1.165) is 49.6 Å². The van der Waals surface area contributed by atoms with Crippen molar-refractivity contribution in [2.75, 3.05) is 33.2 Å². The van der Waals surface area contributed by atoms with Gasteiger partial charge in [0.1, 0.15) is 5.82 Å².